The molecule has 0 atom stereocenters. The zero-order valence-electron chi connectivity index (χ0n) is 19.0. The van der Waals surface area contributed by atoms with Crippen molar-refractivity contribution in [1.82, 2.24) is 19.7 Å². The molecule has 172 valence electrons. The Morgan fingerprint density at radius 1 is 1.09 bits per heavy atom. The maximum Gasteiger partial charge on any atom is 0.337 e. The summed E-state index contributed by atoms with van der Waals surface area (Å²) in [6.07, 6.45) is 9.54. The number of carboxylic acid groups (broad SMARTS) is 1. The number of nitrogens with zero attached hydrogens (tertiary/aromatic N) is 4. The lowest BCUT2D eigenvalue weighted by atomic mass is 9.86. The lowest BCUT2D eigenvalue weighted by molar-refractivity contribution is 0.0697. The lowest BCUT2D eigenvalue weighted by Gasteiger charge is -2.19. The minimum absolute atomic E-state index is 0.0460. The fraction of sp³-hybridized carbons (Fsp3) is 0.423. The van der Waals surface area contributed by atoms with Gasteiger partial charge in [0.05, 0.1) is 11.3 Å². The van der Waals surface area contributed by atoms with Crippen molar-refractivity contribution in [3.63, 3.8) is 0 Å². The van der Waals surface area contributed by atoms with E-state index in [2.05, 4.69) is 22.0 Å². The van der Waals surface area contributed by atoms with Crippen LogP contribution >= 0.6 is 0 Å². The third-order valence-electron chi connectivity index (χ3n) is 6.26. The van der Waals surface area contributed by atoms with Gasteiger partial charge in [0.1, 0.15) is 5.82 Å². The molecule has 1 saturated carbocycles. The molecule has 0 saturated heterocycles. The number of ketones is 1. The van der Waals surface area contributed by atoms with Gasteiger partial charge in [0.15, 0.2) is 0 Å². The van der Waals surface area contributed by atoms with E-state index in [9.17, 15) is 14.7 Å². The van der Waals surface area contributed by atoms with Crippen LogP contribution < -0.4 is 0 Å². The summed E-state index contributed by atoms with van der Waals surface area (Å²) in [6.45, 7) is 2.80. The van der Waals surface area contributed by atoms with Gasteiger partial charge in [0.2, 0.25) is 11.6 Å². The van der Waals surface area contributed by atoms with Crippen molar-refractivity contribution in [2.45, 2.75) is 64.8 Å². The van der Waals surface area contributed by atoms with Crippen LogP contribution in [0.3, 0.4) is 0 Å². The molecule has 4 rings (SSSR count). The molecule has 1 fully saturated rings. The number of benzene rings is 1. The van der Waals surface area contributed by atoms with Crippen LogP contribution in [0.25, 0.3) is 11.3 Å². The molecule has 1 aliphatic rings. The third kappa shape index (κ3) is 5.53. The summed E-state index contributed by atoms with van der Waals surface area (Å²) < 4.78 is 1.85. The van der Waals surface area contributed by atoms with E-state index < -0.39 is 5.97 Å². The number of carbonyl (C=O) groups is 2. The van der Waals surface area contributed by atoms with E-state index in [1.807, 2.05) is 28.9 Å². The SMILES string of the molecule is CCCn1nc(C(=O)CC2CCCCC2)nc1Cc1ccc(-c2ncccc2C(=O)O)cc1. The van der Waals surface area contributed by atoms with Gasteiger partial charge in [-0.1, -0.05) is 63.3 Å². The number of carboxylic acids is 1. The van der Waals surface area contributed by atoms with E-state index in [0.717, 1.165) is 36.2 Å². The Hall–Kier alpha value is -3.35. The zero-order chi connectivity index (χ0) is 23.2. The molecule has 2 aromatic heterocycles. The molecule has 0 amide bonds. The maximum absolute atomic E-state index is 12.8. The Morgan fingerprint density at radius 2 is 1.85 bits per heavy atom. The van der Waals surface area contributed by atoms with Gasteiger partial charge in [-0.05, 0) is 30.0 Å². The second-order valence-electron chi connectivity index (χ2n) is 8.78. The summed E-state index contributed by atoms with van der Waals surface area (Å²) in [6, 6.07) is 10.8. The fourth-order valence-corrected chi connectivity index (χ4v) is 4.53. The summed E-state index contributed by atoms with van der Waals surface area (Å²) in [7, 11) is 0. The summed E-state index contributed by atoms with van der Waals surface area (Å²) in [5, 5.41) is 14.0. The van der Waals surface area contributed by atoms with E-state index >= 15 is 0 Å². The summed E-state index contributed by atoms with van der Waals surface area (Å²) in [5.74, 6) is 0.619. The van der Waals surface area contributed by atoms with Gasteiger partial charge in [-0.15, -0.1) is 5.10 Å². The van der Waals surface area contributed by atoms with Crippen LogP contribution in [0.2, 0.25) is 0 Å². The summed E-state index contributed by atoms with van der Waals surface area (Å²) in [4.78, 5) is 33.2. The molecule has 33 heavy (non-hydrogen) atoms. The molecule has 1 aliphatic carbocycles. The van der Waals surface area contributed by atoms with Crippen LogP contribution in [0.5, 0.6) is 0 Å². The zero-order valence-corrected chi connectivity index (χ0v) is 19.0. The van der Waals surface area contributed by atoms with E-state index in [-0.39, 0.29) is 11.3 Å². The lowest BCUT2D eigenvalue weighted by Crippen LogP contribution is -2.13. The number of Topliss-reactive ketones (excluding diaryl/α,β-unsaturated/α-hetero) is 1. The van der Waals surface area contributed by atoms with Crippen LogP contribution in [0.15, 0.2) is 42.6 Å². The van der Waals surface area contributed by atoms with E-state index in [1.54, 1.807) is 18.3 Å². The Balaban J connectivity index is 1.51. The Labute approximate surface area is 193 Å². The molecular formula is C26H30N4O3. The minimum Gasteiger partial charge on any atom is -0.478 e. The molecule has 7 nitrogen and oxygen atoms in total. The molecule has 0 radical (unpaired) electrons. The minimum atomic E-state index is -1.000. The molecule has 0 bridgehead atoms. The number of carbonyl (C=O) groups excluding carboxylic acids is 1. The predicted molar refractivity (Wildman–Crippen MR) is 125 cm³/mol. The third-order valence-corrected chi connectivity index (χ3v) is 6.26. The number of aryl methyl sites for hydroxylation is 1. The Morgan fingerprint density at radius 3 is 2.55 bits per heavy atom. The molecule has 2 heterocycles. The summed E-state index contributed by atoms with van der Waals surface area (Å²) in [5.41, 5.74) is 2.38. The van der Waals surface area contributed by atoms with Gasteiger partial charge >= 0.3 is 5.97 Å². The van der Waals surface area contributed by atoms with Gasteiger partial charge < -0.3 is 5.11 Å². The summed E-state index contributed by atoms with van der Waals surface area (Å²) >= 11 is 0. The topological polar surface area (TPSA) is 98.0 Å². The smallest absolute Gasteiger partial charge is 0.337 e. The average Bonchev–Trinajstić information content (AvgIpc) is 3.23. The number of pyridine rings is 1. The van der Waals surface area contributed by atoms with E-state index in [1.165, 1.54) is 19.3 Å². The highest BCUT2D eigenvalue weighted by atomic mass is 16.4. The standard InChI is InChI=1S/C26H30N4O3/c1-2-15-30-23(28-25(29-30)22(31)16-18-7-4-3-5-8-18)17-19-10-12-20(13-11-19)24-21(26(32)33)9-6-14-27-24/h6,9-14,18H,2-5,7-8,15-17H2,1H3,(H,32,33). The quantitative estimate of drug-likeness (QED) is 0.454. The number of hydrogen-bond donors (Lipinski definition) is 1. The largest absolute Gasteiger partial charge is 0.478 e. The number of aromatic nitrogens is 4. The Bertz CT molecular complexity index is 1110. The monoisotopic (exact) mass is 446 g/mol. The number of aromatic carboxylic acids is 1. The molecule has 1 N–H and O–H groups in total. The first-order valence-electron chi connectivity index (χ1n) is 11.8. The predicted octanol–water partition coefficient (Wildman–Crippen LogP) is 5.19. The second kappa shape index (κ2) is 10.5. The molecular weight excluding hydrogens is 416 g/mol. The fourth-order valence-electron chi connectivity index (χ4n) is 4.53. The van der Waals surface area contributed by atoms with Crippen LogP contribution in [0, 0.1) is 5.92 Å². The number of hydrogen-bond acceptors (Lipinski definition) is 5. The van der Waals surface area contributed by atoms with Gasteiger partial charge in [0.25, 0.3) is 0 Å². The Kier molecular flexibility index (Phi) is 7.27. The number of rotatable bonds is 9. The van der Waals surface area contributed by atoms with Crippen molar-refractivity contribution >= 4 is 11.8 Å². The molecule has 0 aliphatic heterocycles. The molecule has 3 aromatic rings. The molecule has 7 heteroatoms. The van der Waals surface area contributed by atoms with Gasteiger partial charge in [-0.3, -0.25) is 9.78 Å². The van der Waals surface area contributed by atoms with Crippen molar-refractivity contribution in [3.8, 4) is 11.3 Å². The van der Waals surface area contributed by atoms with Crippen LogP contribution in [0.1, 0.15) is 84.2 Å². The highest BCUT2D eigenvalue weighted by Crippen LogP contribution is 2.27. The first-order valence-corrected chi connectivity index (χ1v) is 11.8. The molecule has 1 aromatic carbocycles. The maximum atomic E-state index is 12.8. The molecule has 0 unspecified atom stereocenters. The highest BCUT2D eigenvalue weighted by molar-refractivity contribution is 5.94. The first-order chi connectivity index (χ1) is 16.0. The van der Waals surface area contributed by atoms with Gasteiger partial charge in [-0.2, -0.15) is 0 Å². The van der Waals surface area contributed by atoms with Gasteiger partial charge in [-0.25, -0.2) is 14.5 Å². The van der Waals surface area contributed by atoms with Crippen LogP contribution in [-0.4, -0.2) is 36.6 Å². The van der Waals surface area contributed by atoms with Crippen molar-refractivity contribution < 1.29 is 14.7 Å². The van der Waals surface area contributed by atoms with Crippen LogP contribution in [-0.2, 0) is 13.0 Å². The second-order valence-corrected chi connectivity index (χ2v) is 8.78. The van der Waals surface area contributed by atoms with E-state index in [0.29, 0.717) is 36.8 Å². The van der Waals surface area contributed by atoms with Crippen LogP contribution in [0.4, 0.5) is 0 Å². The van der Waals surface area contributed by atoms with Crippen molar-refractivity contribution in [3.05, 3.63) is 65.4 Å². The normalized spacial score (nSPS) is 14.3. The average molecular weight is 447 g/mol. The first kappa shape index (κ1) is 22.8. The van der Waals surface area contributed by atoms with Crippen molar-refractivity contribution in [1.29, 1.82) is 0 Å². The van der Waals surface area contributed by atoms with Crippen molar-refractivity contribution in [2.75, 3.05) is 0 Å². The van der Waals surface area contributed by atoms with E-state index in [4.69, 9.17) is 0 Å². The van der Waals surface area contributed by atoms with Gasteiger partial charge in [0, 0.05) is 31.1 Å². The highest BCUT2D eigenvalue weighted by Gasteiger charge is 2.22. The van der Waals surface area contributed by atoms with Crippen molar-refractivity contribution in [2.24, 2.45) is 5.92 Å². The molecule has 0 spiro atoms.